The fourth-order valence-corrected chi connectivity index (χ4v) is 3.37. The number of hydrogen-bond acceptors (Lipinski definition) is 3. The van der Waals surface area contributed by atoms with Crippen LogP contribution in [0.4, 0.5) is 4.39 Å². The summed E-state index contributed by atoms with van der Waals surface area (Å²) in [6.07, 6.45) is 7.87. The van der Waals surface area contributed by atoms with Crippen LogP contribution in [0.3, 0.4) is 0 Å². The van der Waals surface area contributed by atoms with E-state index in [-0.39, 0.29) is 5.82 Å². The topological polar surface area (TPSA) is 34.0 Å². The Hall–Kier alpha value is -2.53. The van der Waals surface area contributed by atoms with Crippen LogP contribution in [0.15, 0.2) is 61.1 Å². The highest BCUT2D eigenvalue weighted by molar-refractivity contribution is 5.33. The maximum absolute atomic E-state index is 13.9. The smallest absolute Gasteiger partial charge is 0.148 e. The normalized spacial score (nSPS) is 18.1. The van der Waals surface area contributed by atoms with E-state index in [1.807, 2.05) is 36.8 Å². The van der Waals surface area contributed by atoms with Gasteiger partial charge in [0, 0.05) is 24.5 Å². The molecule has 5 heteroatoms. The van der Waals surface area contributed by atoms with Gasteiger partial charge in [-0.3, -0.25) is 9.88 Å². The molecule has 0 radical (unpaired) electrons. The Kier molecular flexibility index (Phi) is 4.09. The Morgan fingerprint density at radius 1 is 1.12 bits per heavy atom. The molecule has 0 aliphatic carbocycles. The summed E-state index contributed by atoms with van der Waals surface area (Å²) in [6, 6.07) is 13.1. The Labute approximate surface area is 140 Å². The number of hydrogen-bond donors (Lipinski definition) is 0. The van der Waals surface area contributed by atoms with E-state index in [0.29, 0.717) is 11.7 Å². The summed E-state index contributed by atoms with van der Waals surface area (Å²) < 4.78 is 15.5. The highest BCUT2D eigenvalue weighted by Crippen LogP contribution is 2.31. The van der Waals surface area contributed by atoms with Crippen molar-refractivity contribution in [3.05, 3.63) is 78.1 Å². The first-order valence-electron chi connectivity index (χ1n) is 8.25. The van der Waals surface area contributed by atoms with Crippen molar-refractivity contribution in [1.82, 2.24) is 19.7 Å². The molecule has 4 nitrogen and oxygen atoms in total. The standard InChI is InChI=1S/C19H19FN4/c20-16-6-1-2-8-18(16)24-14-15(12-22-24)13-23-11-5-9-19(23)17-7-3-4-10-21-17/h1-4,6-8,10,12,14,19H,5,9,11,13H2/t19-/m1/s1. The number of benzene rings is 1. The molecule has 0 amide bonds. The van der Waals surface area contributed by atoms with Crippen LogP contribution in [0.1, 0.15) is 30.1 Å². The minimum atomic E-state index is -0.264. The van der Waals surface area contributed by atoms with Crippen LogP contribution < -0.4 is 0 Å². The Morgan fingerprint density at radius 3 is 2.83 bits per heavy atom. The van der Waals surface area contributed by atoms with Crippen molar-refractivity contribution in [2.75, 3.05) is 6.54 Å². The van der Waals surface area contributed by atoms with E-state index in [1.165, 1.54) is 12.5 Å². The first kappa shape index (κ1) is 15.0. The van der Waals surface area contributed by atoms with Crippen molar-refractivity contribution in [2.45, 2.75) is 25.4 Å². The van der Waals surface area contributed by atoms with Gasteiger partial charge in [0.1, 0.15) is 11.5 Å². The van der Waals surface area contributed by atoms with Gasteiger partial charge in [-0.1, -0.05) is 18.2 Å². The maximum Gasteiger partial charge on any atom is 0.148 e. The van der Waals surface area contributed by atoms with Crippen molar-refractivity contribution < 1.29 is 4.39 Å². The zero-order valence-corrected chi connectivity index (χ0v) is 13.3. The number of likely N-dealkylation sites (tertiary alicyclic amines) is 1. The fraction of sp³-hybridized carbons (Fsp3) is 0.263. The molecule has 1 atom stereocenters. The number of halogens is 1. The molecule has 0 spiro atoms. The third-order valence-corrected chi connectivity index (χ3v) is 4.51. The zero-order valence-electron chi connectivity index (χ0n) is 13.3. The third kappa shape index (κ3) is 2.95. The van der Waals surface area contributed by atoms with Crippen molar-refractivity contribution in [3.8, 4) is 5.69 Å². The van der Waals surface area contributed by atoms with Crippen LogP contribution in [0.5, 0.6) is 0 Å². The maximum atomic E-state index is 13.9. The second-order valence-electron chi connectivity index (χ2n) is 6.13. The molecule has 3 heterocycles. The quantitative estimate of drug-likeness (QED) is 0.734. The molecular formula is C19H19FN4. The van der Waals surface area contributed by atoms with Crippen LogP contribution in [0.25, 0.3) is 5.69 Å². The molecule has 1 aliphatic heterocycles. The van der Waals surface area contributed by atoms with Crippen LogP contribution in [0.2, 0.25) is 0 Å². The first-order chi connectivity index (χ1) is 11.8. The number of rotatable bonds is 4. The van der Waals surface area contributed by atoms with Crippen molar-refractivity contribution in [3.63, 3.8) is 0 Å². The highest BCUT2D eigenvalue weighted by atomic mass is 19.1. The van der Waals surface area contributed by atoms with E-state index in [4.69, 9.17) is 0 Å². The van der Waals surface area contributed by atoms with Gasteiger partial charge in [-0.05, 0) is 43.7 Å². The Balaban J connectivity index is 1.53. The molecule has 2 aromatic heterocycles. The second kappa shape index (κ2) is 6.53. The van der Waals surface area contributed by atoms with Crippen LogP contribution in [0, 0.1) is 5.82 Å². The molecule has 1 aliphatic rings. The van der Waals surface area contributed by atoms with Crippen molar-refractivity contribution >= 4 is 0 Å². The number of para-hydroxylation sites is 1. The molecule has 4 rings (SSSR count). The predicted octanol–water partition coefficient (Wildman–Crippen LogP) is 3.74. The van der Waals surface area contributed by atoms with Crippen molar-refractivity contribution in [2.24, 2.45) is 0 Å². The summed E-state index contributed by atoms with van der Waals surface area (Å²) in [7, 11) is 0. The molecule has 3 aromatic rings. The van der Waals surface area contributed by atoms with E-state index in [9.17, 15) is 4.39 Å². The molecule has 1 aromatic carbocycles. The van der Waals surface area contributed by atoms with Gasteiger partial charge in [-0.15, -0.1) is 0 Å². The lowest BCUT2D eigenvalue weighted by molar-refractivity contribution is 0.244. The minimum Gasteiger partial charge on any atom is -0.290 e. The van der Waals surface area contributed by atoms with E-state index in [1.54, 1.807) is 16.8 Å². The SMILES string of the molecule is Fc1ccccc1-n1cc(CN2CCC[C@@H]2c2ccccn2)cn1. The van der Waals surface area contributed by atoms with Gasteiger partial charge in [-0.2, -0.15) is 5.10 Å². The van der Waals surface area contributed by atoms with Gasteiger partial charge in [0.15, 0.2) is 0 Å². The average Bonchev–Trinajstić information content (AvgIpc) is 3.26. The Bertz CT molecular complexity index is 815. The molecule has 0 N–H and O–H groups in total. The lowest BCUT2D eigenvalue weighted by Crippen LogP contribution is -2.23. The van der Waals surface area contributed by atoms with Gasteiger partial charge in [-0.25, -0.2) is 9.07 Å². The summed E-state index contributed by atoms with van der Waals surface area (Å²) in [6.45, 7) is 1.85. The number of aromatic nitrogens is 3. The predicted molar refractivity (Wildman–Crippen MR) is 90.1 cm³/mol. The van der Waals surface area contributed by atoms with E-state index < -0.39 is 0 Å². The monoisotopic (exact) mass is 322 g/mol. The van der Waals surface area contributed by atoms with Crippen LogP contribution in [-0.2, 0) is 6.54 Å². The fourth-order valence-electron chi connectivity index (χ4n) is 3.37. The molecule has 0 unspecified atom stereocenters. The molecule has 122 valence electrons. The van der Waals surface area contributed by atoms with E-state index >= 15 is 0 Å². The number of nitrogens with zero attached hydrogens (tertiary/aromatic N) is 4. The number of pyridine rings is 1. The molecule has 1 saturated heterocycles. The van der Waals surface area contributed by atoms with Crippen LogP contribution in [-0.4, -0.2) is 26.2 Å². The molecular weight excluding hydrogens is 303 g/mol. The summed E-state index contributed by atoms with van der Waals surface area (Å²) in [5.41, 5.74) is 2.68. The van der Waals surface area contributed by atoms with Gasteiger partial charge in [0.2, 0.25) is 0 Å². The summed E-state index contributed by atoms with van der Waals surface area (Å²) in [5, 5.41) is 4.32. The molecule has 24 heavy (non-hydrogen) atoms. The average molecular weight is 322 g/mol. The minimum absolute atomic E-state index is 0.264. The van der Waals surface area contributed by atoms with E-state index in [0.717, 1.165) is 30.8 Å². The lowest BCUT2D eigenvalue weighted by Gasteiger charge is -2.23. The molecule has 0 bridgehead atoms. The molecule has 1 fully saturated rings. The van der Waals surface area contributed by atoms with Gasteiger partial charge in [0.05, 0.1) is 17.9 Å². The van der Waals surface area contributed by atoms with Crippen molar-refractivity contribution in [1.29, 1.82) is 0 Å². The first-order valence-corrected chi connectivity index (χ1v) is 8.25. The zero-order chi connectivity index (χ0) is 16.4. The van der Waals surface area contributed by atoms with E-state index in [2.05, 4.69) is 21.0 Å². The second-order valence-corrected chi connectivity index (χ2v) is 6.13. The lowest BCUT2D eigenvalue weighted by atomic mass is 10.1. The summed E-state index contributed by atoms with van der Waals surface area (Å²) in [5.74, 6) is -0.264. The highest BCUT2D eigenvalue weighted by Gasteiger charge is 2.27. The third-order valence-electron chi connectivity index (χ3n) is 4.51. The van der Waals surface area contributed by atoms with Crippen LogP contribution >= 0.6 is 0 Å². The Morgan fingerprint density at radius 2 is 2.00 bits per heavy atom. The largest absolute Gasteiger partial charge is 0.290 e. The molecule has 0 saturated carbocycles. The van der Waals surface area contributed by atoms with Gasteiger partial charge >= 0.3 is 0 Å². The van der Waals surface area contributed by atoms with Gasteiger partial charge < -0.3 is 0 Å². The summed E-state index contributed by atoms with van der Waals surface area (Å²) >= 11 is 0. The van der Waals surface area contributed by atoms with Gasteiger partial charge in [0.25, 0.3) is 0 Å². The summed E-state index contributed by atoms with van der Waals surface area (Å²) in [4.78, 5) is 6.93.